The zero-order valence-electron chi connectivity index (χ0n) is 21.9. The predicted octanol–water partition coefficient (Wildman–Crippen LogP) is 4.40. The Morgan fingerprint density at radius 1 is 0.895 bits per heavy atom. The minimum atomic E-state index is -1.10. The largest absolute Gasteiger partial charge is 0.449 e. The van der Waals surface area contributed by atoms with Crippen LogP contribution in [0.4, 0.5) is 4.79 Å². The molecule has 0 heterocycles. The third-order valence-electron chi connectivity index (χ3n) is 6.84. The van der Waals surface area contributed by atoms with Gasteiger partial charge in [0.2, 0.25) is 11.8 Å². The van der Waals surface area contributed by atoms with Crippen LogP contribution in [0.25, 0.3) is 11.1 Å². The van der Waals surface area contributed by atoms with Crippen molar-refractivity contribution in [3.05, 3.63) is 95.1 Å². The van der Waals surface area contributed by atoms with Gasteiger partial charge >= 0.3 is 6.09 Å². The van der Waals surface area contributed by atoms with E-state index in [4.69, 9.17) is 10.5 Å². The van der Waals surface area contributed by atoms with E-state index in [1.165, 1.54) is 22.3 Å². The predicted molar refractivity (Wildman–Crippen MR) is 153 cm³/mol. The summed E-state index contributed by atoms with van der Waals surface area (Å²) >= 11 is 0. The fourth-order valence-corrected chi connectivity index (χ4v) is 4.56. The number of primary amides is 1. The first kappa shape index (κ1) is 28.8. The molecule has 8 heteroatoms. The Kier molecular flexibility index (Phi) is 9.22. The molecule has 200 valence electrons. The molecule has 1 aliphatic carbocycles. The van der Waals surface area contributed by atoms with Crippen molar-refractivity contribution in [1.29, 1.82) is 0 Å². The number of rotatable bonds is 9. The van der Waals surface area contributed by atoms with Gasteiger partial charge in [-0.1, -0.05) is 79.7 Å². The fourth-order valence-electron chi connectivity index (χ4n) is 4.56. The number of fused-ring (bicyclic) bond motifs is 3. The molecule has 0 bridgehead atoms. The Morgan fingerprint density at radius 2 is 1.42 bits per heavy atom. The van der Waals surface area contributed by atoms with Crippen LogP contribution in [0.5, 0.6) is 0 Å². The summed E-state index contributed by atoms with van der Waals surface area (Å²) in [4.78, 5) is 36.3. The van der Waals surface area contributed by atoms with Gasteiger partial charge in [-0.15, -0.1) is 0 Å². The molecule has 0 fully saturated rings. The number of hydrogen-bond donors (Lipinski definition) is 3. The number of nitrogens with two attached hydrogens (primary N) is 1. The standard InChI is InChI=1S/C30H33N3O4.H2S/c1-19(27(34)33-30(2,3)28(31)35)16-20-12-14-21(15-13-20)17-32-29(36)37-18-26-24-10-6-4-8-22(24)23-9-5-7-11-25(23)26;/h4-15,19,26H,16-18H2,1-3H3,(H2,31,35)(H,32,36)(H,33,34);1H2/t19-;/m0./s1. The number of nitrogens with one attached hydrogen (secondary N) is 2. The molecule has 3 amide bonds. The van der Waals surface area contributed by atoms with E-state index in [-0.39, 0.29) is 37.8 Å². The van der Waals surface area contributed by atoms with Crippen molar-refractivity contribution < 1.29 is 19.1 Å². The molecule has 38 heavy (non-hydrogen) atoms. The lowest BCUT2D eigenvalue weighted by Crippen LogP contribution is -2.54. The van der Waals surface area contributed by atoms with E-state index in [1.54, 1.807) is 20.8 Å². The Balaban J connectivity index is 0.00000400. The van der Waals surface area contributed by atoms with E-state index in [1.807, 2.05) is 48.5 Å². The quantitative estimate of drug-likeness (QED) is 0.379. The van der Waals surface area contributed by atoms with Gasteiger partial charge in [-0.05, 0) is 53.6 Å². The van der Waals surface area contributed by atoms with Crippen molar-refractivity contribution in [2.75, 3.05) is 6.61 Å². The van der Waals surface area contributed by atoms with Crippen molar-refractivity contribution in [2.45, 2.75) is 45.2 Å². The molecule has 0 spiro atoms. The highest BCUT2D eigenvalue weighted by Gasteiger charge is 2.30. The van der Waals surface area contributed by atoms with Crippen molar-refractivity contribution in [2.24, 2.45) is 11.7 Å². The van der Waals surface area contributed by atoms with Crippen molar-refractivity contribution >= 4 is 31.4 Å². The zero-order chi connectivity index (χ0) is 26.6. The highest BCUT2D eigenvalue weighted by molar-refractivity contribution is 7.59. The maximum absolute atomic E-state index is 12.4. The summed E-state index contributed by atoms with van der Waals surface area (Å²) in [5.74, 6) is -1.13. The van der Waals surface area contributed by atoms with E-state index >= 15 is 0 Å². The molecule has 0 unspecified atom stereocenters. The maximum atomic E-state index is 12.4. The number of hydrogen-bond acceptors (Lipinski definition) is 4. The first-order valence-corrected chi connectivity index (χ1v) is 12.4. The van der Waals surface area contributed by atoms with Gasteiger partial charge in [-0.2, -0.15) is 13.5 Å². The number of alkyl carbamates (subject to hydrolysis) is 1. The second-order valence-electron chi connectivity index (χ2n) is 10.1. The first-order valence-electron chi connectivity index (χ1n) is 12.4. The molecule has 3 aromatic carbocycles. The Labute approximate surface area is 230 Å². The molecule has 0 saturated carbocycles. The topological polar surface area (TPSA) is 111 Å². The minimum Gasteiger partial charge on any atom is -0.449 e. The summed E-state index contributed by atoms with van der Waals surface area (Å²) in [6.45, 7) is 5.57. The van der Waals surface area contributed by atoms with Crippen LogP contribution in [-0.2, 0) is 27.3 Å². The van der Waals surface area contributed by atoms with Crippen LogP contribution in [0.1, 0.15) is 48.9 Å². The summed E-state index contributed by atoms with van der Waals surface area (Å²) in [6.07, 6.45) is 0.0501. The van der Waals surface area contributed by atoms with Crippen LogP contribution in [0.3, 0.4) is 0 Å². The third kappa shape index (κ3) is 6.55. The molecule has 0 aliphatic heterocycles. The Hall–Kier alpha value is -3.78. The molecule has 1 atom stereocenters. The van der Waals surface area contributed by atoms with Crippen molar-refractivity contribution in [3.63, 3.8) is 0 Å². The molecule has 0 aromatic heterocycles. The third-order valence-corrected chi connectivity index (χ3v) is 6.84. The molecule has 7 nitrogen and oxygen atoms in total. The lowest BCUT2D eigenvalue weighted by Gasteiger charge is -2.24. The van der Waals surface area contributed by atoms with Crippen LogP contribution in [0.15, 0.2) is 72.8 Å². The van der Waals surface area contributed by atoms with Crippen LogP contribution in [0.2, 0.25) is 0 Å². The van der Waals surface area contributed by atoms with Gasteiger partial charge in [-0.3, -0.25) is 9.59 Å². The van der Waals surface area contributed by atoms with E-state index in [0.29, 0.717) is 13.0 Å². The molecule has 4 rings (SSSR count). The number of carbonyl (C=O) groups is 3. The van der Waals surface area contributed by atoms with E-state index in [0.717, 1.165) is 11.1 Å². The summed E-state index contributed by atoms with van der Waals surface area (Å²) < 4.78 is 5.59. The molecule has 4 N–H and O–H groups in total. The molecule has 0 saturated heterocycles. The van der Waals surface area contributed by atoms with Gasteiger partial charge in [0.25, 0.3) is 0 Å². The van der Waals surface area contributed by atoms with Crippen LogP contribution in [0, 0.1) is 5.92 Å². The second-order valence-corrected chi connectivity index (χ2v) is 10.1. The van der Waals surface area contributed by atoms with Gasteiger partial charge in [0.05, 0.1) is 0 Å². The van der Waals surface area contributed by atoms with Gasteiger partial charge < -0.3 is 21.1 Å². The highest BCUT2D eigenvalue weighted by Crippen LogP contribution is 2.44. The zero-order valence-corrected chi connectivity index (χ0v) is 22.9. The summed E-state index contributed by atoms with van der Waals surface area (Å²) in [5, 5.41) is 5.50. The molecule has 0 radical (unpaired) electrons. The average Bonchev–Trinajstić information content (AvgIpc) is 3.20. The van der Waals surface area contributed by atoms with Crippen molar-refractivity contribution in [1.82, 2.24) is 10.6 Å². The number of carbonyl (C=O) groups excluding carboxylic acids is 3. The summed E-state index contributed by atoms with van der Waals surface area (Å²) in [6, 6.07) is 24.1. The van der Waals surface area contributed by atoms with Gasteiger partial charge in [0, 0.05) is 18.4 Å². The Bertz CT molecular complexity index is 1260. The Morgan fingerprint density at radius 3 is 1.97 bits per heavy atom. The van der Waals surface area contributed by atoms with Crippen LogP contribution in [-0.4, -0.2) is 30.1 Å². The summed E-state index contributed by atoms with van der Waals surface area (Å²) in [5.41, 5.74) is 10.9. The molecule has 3 aromatic rings. The second kappa shape index (κ2) is 12.2. The van der Waals surface area contributed by atoms with Crippen LogP contribution < -0.4 is 16.4 Å². The monoisotopic (exact) mass is 533 g/mol. The highest BCUT2D eigenvalue weighted by atomic mass is 32.1. The minimum absolute atomic E-state index is 0. The molecular weight excluding hydrogens is 498 g/mol. The lowest BCUT2D eigenvalue weighted by molar-refractivity contribution is -0.132. The lowest BCUT2D eigenvalue weighted by atomic mass is 9.97. The van der Waals surface area contributed by atoms with Crippen molar-refractivity contribution in [3.8, 4) is 11.1 Å². The van der Waals surface area contributed by atoms with E-state index in [9.17, 15) is 14.4 Å². The van der Waals surface area contributed by atoms with E-state index in [2.05, 4.69) is 34.9 Å². The molecule has 1 aliphatic rings. The smallest absolute Gasteiger partial charge is 0.407 e. The average molecular weight is 534 g/mol. The maximum Gasteiger partial charge on any atom is 0.407 e. The van der Waals surface area contributed by atoms with E-state index < -0.39 is 17.5 Å². The van der Waals surface area contributed by atoms with Gasteiger partial charge in [0.1, 0.15) is 12.1 Å². The first-order chi connectivity index (χ1) is 17.7. The normalized spacial score (nSPS) is 12.9. The van der Waals surface area contributed by atoms with Gasteiger partial charge in [-0.25, -0.2) is 4.79 Å². The summed E-state index contributed by atoms with van der Waals surface area (Å²) in [7, 11) is 0. The number of amides is 3. The SMILES string of the molecule is C[C@@H](Cc1ccc(CNC(=O)OCC2c3ccccc3-c3ccccc32)cc1)C(=O)NC(C)(C)C(N)=O.S. The number of benzene rings is 3. The fraction of sp³-hybridized carbons (Fsp3) is 0.300. The van der Waals surface area contributed by atoms with Gasteiger partial charge in [0.15, 0.2) is 0 Å². The number of ether oxygens (including phenoxy) is 1. The van der Waals surface area contributed by atoms with Crippen LogP contribution >= 0.6 is 13.5 Å². The molecular formula is C30H35N3O4S.